The summed E-state index contributed by atoms with van der Waals surface area (Å²) < 4.78 is 0. The monoisotopic (exact) mass is 184 g/mol. The van der Waals surface area contributed by atoms with E-state index >= 15 is 0 Å². The van der Waals surface area contributed by atoms with Crippen LogP contribution in [0.2, 0.25) is 0 Å². The molecule has 0 heterocycles. The van der Waals surface area contributed by atoms with E-state index in [2.05, 4.69) is 20.8 Å². The maximum absolute atomic E-state index is 2.28. The van der Waals surface area contributed by atoms with Gasteiger partial charge in [-0.25, -0.2) is 0 Å². The van der Waals surface area contributed by atoms with Gasteiger partial charge in [0, 0.05) is 0 Å². The van der Waals surface area contributed by atoms with Crippen LogP contribution in [0.15, 0.2) is 0 Å². The lowest BCUT2D eigenvalue weighted by atomic mass is 9.84. The maximum Gasteiger partial charge on any atom is -0.0417 e. The molecule has 1 rings (SSSR count). The Hall–Kier alpha value is 0. The van der Waals surface area contributed by atoms with E-state index in [4.69, 9.17) is 0 Å². The molecular weight excluding hydrogens is 156 g/mol. The SMILES string of the molecule is CCC1CCC1.CCCCCCC. The van der Waals surface area contributed by atoms with E-state index in [1.54, 1.807) is 0 Å². The lowest BCUT2D eigenvalue weighted by Gasteiger charge is -2.22. The molecule has 1 aliphatic carbocycles. The van der Waals surface area contributed by atoms with E-state index in [9.17, 15) is 0 Å². The van der Waals surface area contributed by atoms with E-state index < -0.39 is 0 Å². The Morgan fingerprint density at radius 3 is 1.54 bits per heavy atom. The van der Waals surface area contributed by atoms with Crippen LogP contribution in [0.25, 0.3) is 0 Å². The average Bonchev–Trinajstić information content (AvgIpc) is 2.05. The van der Waals surface area contributed by atoms with Crippen molar-refractivity contribution in [2.75, 3.05) is 0 Å². The third-order valence-electron chi connectivity index (χ3n) is 3.01. The average molecular weight is 184 g/mol. The van der Waals surface area contributed by atoms with Gasteiger partial charge in [-0.05, 0) is 5.92 Å². The first-order chi connectivity index (χ1) is 6.35. The lowest BCUT2D eigenvalue weighted by Crippen LogP contribution is -2.08. The van der Waals surface area contributed by atoms with Crippen LogP contribution in [0.3, 0.4) is 0 Å². The van der Waals surface area contributed by atoms with Crippen molar-refractivity contribution < 1.29 is 0 Å². The summed E-state index contributed by atoms with van der Waals surface area (Å²) in [6.07, 6.45) is 12.9. The fourth-order valence-electron chi connectivity index (χ4n) is 1.58. The first kappa shape index (κ1) is 13.0. The predicted molar refractivity (Wildman–Crippen MR) is 62.1 cm³/mol. The molecule has 0 aromatic heterocycles. The van der Waals surface area contributed by atoms with Crippen molar-refractivity contribution in [3.8, 4) is 0 Å². The Labute approximate surface area is 85.1 Å². The van der Waals surface area contributed by atoms with Gasteiger partial charge in [0.2, 0.25) is 0 Å². The summed E-state index contributed by atoms with van der Waals surface area (Å²) in [6, 6.07) is 0. The molecule has 0 aliphatic heterocycles. The van der Waals surface area contributed by atoms with Crippen LogP contribution in [0.5, 0.6) is 0 Å². The van der Waals surface area contributed by atoms with Gasteiger partial charge in [-0.1, -0.05) is 78.6 Å². The smallest absolute Gasteiger partial charge is 0.0417 e. The van der Waals surface area contributed by atoms with E-state index in [0.29, 0.717) is 0 Å². The zero-order valence-electron chi connectivity index (χ0n) is 9.94. The largest absolute Gasteiger partial charge is 0.0654 e. The second-order valence-corrected chi connectivity index (χ2v) is 4.27. The minimum Gasteiger partial charge on any atom is -0.0654 e. The molecule has 0 bridgehead atoms. The van der Waals surface area contributed by atoms with Crippen molar-refractivity contribution in [1.29, 1.82) is 0 Å². The van der Waals surface area contributed by atoms with Crippen LogP contribution in [0, 0.1) is 5.92 Å². The summed E-state index contributed by atoms with van der Waals surface area (Å²) >= 11 is 0. The minimum absolute atomic E-state index is 1.12. The molecule has 1 fully saturated rings. The van der Waals surface area contributed by atoms with Crippen LogP contribution in [0.4, 0.5) is 0 Å². The molecular formula is C13H28. The second-order valence-electron chi connectivity index (χ2n) is 4.27. The van der Waals surface area contributed by atoms with Crippen LogP contribution in [-0.4, -0.2) is 0 Å². The first-order valence-corrected chi connectivity index (χ1v) is 6.35. The Morgan fingerprint density at radius 2 is 1.38 bits per heavy atom. The molecule has 0 heteroatoms. The first-order valence-electron chi connectivity index (χ1n) is 6.35. The van der Waals surface area contributed by atoms with Gasteiger partial charge >= 0.3 is 0 Å². The number of rotatable bonds is 5. The zero-order valence-corrected chi connectivity index (χ0v) is 9.94. The summed E-state index contributed by atoms with van der Waals surface area (Å²) in [5.74, 6) is 1.12. The summed E-state index contributed by atoms with van der Waals surface area (Å²) in [6.45, 7) is 6.77. The van der Waals surface area contributed by atoms with E-state index in [-0.39, 0.29) is 0 Å². The van der Waals surface area contributed by atoms with Crippen LogP contribution < -0.4 is 0 Å². The number of hydrogen-bond donors (Lipinski definition) is 0. The normalized spacial score (nSPS) is 15.9. The molecule has 0 saturated heterocycles. The molecule has 0 radical (unpaired) electrons. The predicted octanol–water partition coefficient (Wildman–Crippen LogP) is 5.17. The fourth-order valence-corrected chi connectivity index (χ4v) is 1.58. The standard InChI is InChI=1S/C7H16.C6H12/c1-3-5-7-6-4-2;1-2-6-4-3-5-6/h3-7H2,1-2H3;6H,2-5H2,1H3. The van der Waals surface area contributed by atoms with Crippen LogP contribution >= 0.6 is 0 Å². The van der Waals surface area contributed by atoms with Crippen molar-refractivity contribution in [3.63, 3.8) is 0 Å². The third-order valence-corrected chi connectivity index (χ3v) is 3.01. The van der Waals surface area contributed by atoms with Crippen molar-refractivity contribution in [2.24, 2.45) is 5.92 Å². The Kier molecular flexibility index (Phi) is 10.1. The highest BCUT2D eigenvalue weighted by atomic mass is 14.2. The van der Waals surface area contributed by atoms with Gasteiger partial charge in [0.15, 0.2) is 0 Å². The third kappa shape index (κ3) is 8.33. The highest BCUT2D eigenvalue weighted by molar-refractivity contribution is 4.66. The topological polar surface area (TPSA) is 0 Å². The molecule has 0 aromatic rings. The highest BCUT2D eigenvalue weighted by Crippen LogP contribution is 2.28. The molecule has 13 heavy (non-hydrogen) atoms. The summed E-state index contributed by atoms with van der Waals surface area (Å²) in [5.41, 5.74) is 0. The molecule has 0 N–H and O–H groups in total. The van der Waals surface area contributed by atoms with Gasteiger partial charge in [-0.3, -0.25) is 0 Å². The van der Waals surface area contributed by atoms with Gasteiger partial charge in [-0.2, -0.15) is 0 Å². The molecule has 0 unspecified atom stereocenters. The molecule has 80 valence electrons. The van der Waals surface area contributed by atoms with Gasteiger partial charge in [-0.15, -0.1) is 0 Å². The van der Waals surface area contributed by atoms with Crippen LogP contribution in [0.1, 0.15) is 78.6 Å². The quantitative estimate of drug-likeness (QED) is 0.517. The maximum atomic E-state index is 2.28. The number of hydrogen-bond acceptors (Lipinski definition) is 0. The van der Waals surface area contributed by atoms with Crippen molar-refractivity contribution >= 4 is 0 Å². The zero-order chi connectivity index (χ0) is 9.94. The summed E-state index contributed by atoms with van der Waals surface area (Å²) in [7, 11) is 0. The molecule has 1 saturated carbocycles. The second kappa shape index (κ2) is 10.1. The van der Waals surface area contributed by atoms with Gasteiger partial charge < -0.3 is 0 Å². The Balaban J connectivity index is 0.000000223. The Bertz CT molecular complexity index is 75.3. The van der Waals surface area contributed by atoms with Gasteiger partial charge in [0.25, 0.3) is 0 Å². The lowest BCUT2D eigenvalue weighted by molar-refractivity contribution is 0.307. The molecule has 0 atom stereocenters. The summed E-state index contributed by atoms with van der Waals surface area (Å²) in [4.78, 5) is 0. The molecule has 0 aromatic carbocycles. The molecule has 1 aliphatic rings. The van der Waals surface area contributed by atoms with Gasteiger partial charge in [0.1, 0.15) is 0 Å². The van der Waals surface area contributed by atoms with Crippen molar-refractivity contribution in [1.82, 2.24) is 0 Å². The summed E-state index contributed by atoms with van der Waals surface area (Å²) in [5, 5.41) is 0. The number of unbranched alkanes of at least 4 members (excludes halogenated alkanes) is 4. The molecule has 0 spiro atoms. The molecule has 0 nitrogen and oxygen atoms in total. The van der Waals surface area contributed by atoms with E-state index in [0.717, 1.165) is 5.92 Å². The van der Waals surface area contributed by atoms with Crippen molar-refractivity contribution in [3.05, 3.63) is 0 Å². The van der Waals surface area contributed by atoms with Crippen molar-refractivity contribution in [2.45, 2.75) is 78.6 Å². The fraction of sp³-hybridized carbons (Fsp3) is 1.00. The highest BCUT2D eigenvalue weighted by Gasteiger charge is 2.13. The van der Waals surface area contributed by atoms with E-state index in [1.165, 1.54) is 57.8 Å². The molecule has 0 amide bonds. The van der Waals surface area contributed by atoms with E-state index in [1.807, 2.05) is 0 Å². The Morgan fingerprint density at radius 1 is 0.846 bits per heavy atom. The van der Waals surface area contributed by atoms with Gasteiger partial charge in [0.05, 0.1) is 0 Å². The minimum atomic E-state index is 1.12. The van der Waals surface area contributed by atoms with Crippen LogP contribution in [-0.2, 0) is 0 Å².